The second kappa shape index (κ2) is 7.47. The van der Waals surface area contributed by atoms with Gasteiger partial charge in [-0.3, -0.25) is 0 Å². The predicted molar refractivity (Wildman–Crippen MR) is 110 cm³/mol. The molecule has 2 aromatic heterocycles. The number of rotatable bonds is 5. The first-order valence-electron chi connectivity index (χ1n) is 9.80. The molecule has 0 radical (unpaired) electrons. The largest absolute Gasteiger partial charge is 0.431 e. The van der Waals surface area contributed by atoms with Gasteiger partial charge in [0, 0.05) is 54.5 Å². The minimum Gasteiger partial charge on any atom is -0.431 e. The number of fused-ring (bicyclic) bond motifs is 2. The second-order valence-corrected chi connectivity index (χ2v) is 8.92. The molecular weight excluding hydrogens is 398 g/mol. The van der Waals surface area contributed by atoms with Gasteiger partial charge in [-0.15, -0.1) is 0 Å². The van der Waals surface area contributed by atoms with E-state index in [2.05, 4.69) is 19.5 Å². The van der Waals surface area contributed by atoms with Crippen LogP contribution in [-0.4, -0.2) is 58.2 Å². The fourth-order valence-corrected chi connectivity index (χ4v) is 5.68. The zero-order chi connectivity index (χ0) is 20.0. The van der Waals surface area contributed by atoms with Gasteiger partial charge >= 0.3 is 6.61 Å². The molecule has 10 heteroatoms. The Bertz CT molecular complexity index is 910. The number of ether oxygens (including phenoxy) is 1. The zero-order valence-electron chi connectivity index (χ0n) is 15.8. The summed E-state index contributed by atoms with van der Waals surface area (Å²) in [6.45, 7) is -0.145. The van der Waals surface area contributed by atoms with Crippen LogP contribution >= 0.6 is 11.8 Å². The third-order valence-electron chi connectivity index (χ3n) is 5.68. The summed E-state index contributed by atoms with van der Waals surface area (Å²) in [4.78, 5) is 18.2. The van der Waals surface area contributed by atoms with Crippen molar-refractivity contribution < 1.29 is 13.5 Å². The summed E-state index contributed by atoms with van der Waals surface area (Å²) in [6.07, 6.45) is 4.95. The molecule has 5 heterocycles. The predicted octanol–water partition coefficient (Wildman–Crippen LogP) is 3.02. The number of nitrogen functional groups attached to an aromatic ring is 1. The van der Waals surface area contributed by atoms with Gasteiger partial charge in [0.25, 0.3) is 0 Å². The first-order valence-corrected chi connectivity index (χ1v) is 10.8. The van der Waals surface area contributed by atoms with E-state index in [9.17, 15) is 8.78 Å². The van der Waals surface area contributed by atoms with Gasteiger partial charge in [-0.2, -0.15) is 25.5 Å². The molecule has 2 atom stereocenters. The van der Waals surface area contributed by atoms with Crippen molar-refractivity contribution in [2.24, 2.45) is 0 Å². The van der Waals surface area contributed by atoms with Crippen molar-refractivity contribution >= 4 is 29.3 Å². The molecule has 3 aliphatic heterocycles. The molecule has 3 aliphatic rings. The molecule has 3 saturated heterocycles. The number of aromatic nitrogens is 3. The van der Waals surface area contributed by atoms with Crippen LogP contribution in [0, 0.1) is 0 Å². The van der Waals surface area contributed by atoms with Gasteiger partial charge in [0.2, 0.25) is 5.95 Å². The Kier molecular flexibility index (Phi) is 4.81. The average Bonchev–Trinajstić information content (AvgIpc) is 3.47. The Morgan fingerprint density at radius 1 is 1.21 bits per heavy atom. The minimum absolute atomic E-state index is 0.0722. The number of alkyl halides is 2. The molecule has 0 amide bonds. The van der Waals surface area contributed by atoms with E-state index >= 15 is 0 Å². The van der Waals surface area contributed by atoms with Crippen molar-refractivity contribution in [3.63, 3.8) is 0 Å². The summed E-state index contributed by atoms with van der Waals surface area (Å²) in [7, 11) is 0. The van der Waals surface area contributed by atoms with Gasteiger partial charge in [0.15, 0.2) is 11.6 Å². The third-order valence-corrected chi connectivity index (χ3v) is 7.07. The molecule has 0 spiro atoms. The van der Waals surface area contributed by atoms with E-state index < -0.39 is 6.61 Å². The van der Waals surface area contributed by atoms with Crippen LogP contribution in [-0.2, 0) is 0 Å². The number of nitrogens with zero attached hydrogens (tertiary/aromatic N) is 5. The molecule has 0 saturated carbocycles. The van der Waals surface area contributed by atoms with Gasteiger partial charge in [-0.05, 0) is 25.3 Å². The van der Waals surface area contributed by atoms with Crippen LogP contribution in [0.25, 0.3) is 11.3 Å². The monoisotopic (exact) mass is 420 g/mol. The minimum atomic E-state index is -2.96. The summed E-state index contributed by atoms with van der Waals surface area (Å²) >= 11 is 2.02. The lowest BCUT2D eigenvalue weighted by Gasteiger charge is -2.29. The molecule has 7 nitrogen and oxygen atoms in total. The molecule has 2 bridgehead atoms. The summed E-state index contributed by atoms with van der Waals surface area (Å²) < 4.78 is 29.9. The fourth-order valence-electron chi connectivity index (χ4n) is 4.24. The molecule has 5 rings (SSSR count). The first-order chi connectivity index (χ1) is 14.1. The van der Waals surface area contributed by atoms with E-state index in [1.807, 2.05) is 17.8 Å². The van der Waals surface area contributed by atoms with E-state index in [0.29, 0.717) is 28.5 Å². The Balaban J connectivity index is 1.55. The van der Waals surface area contributed by atoms with Crippen LogP contribution in [0.2, 0.25) is 0 Å². The number of halogens is 2. The highest BCUT2D eigenvalue weighted by Gasteiger charge is 2.39. The number of pyridine rings is 1. The van der Waals surface area contributed by atoms with Crippen LogP contribution in [0.4, 0.5) is 26.4 Å². The number of nitrogens with two attached hydrogens (primary N) is 1. The summed E-state index contributed by atoms with van der Waals surface area (Å²) in [5.74, 6) is 2.46. The van der Waals surface area contributed by atoms with Crippen molar-refractivity contribution in [1.82, 2.24) is 15.0 Å². The summed E-state index contributed by atoms with van der Waals surface area (Å²) in [5.41, 5.74) is 6.91. The van der Waals surface area contributed by atoms with Crippen molar-refractivity contribution in [2.45, 2.75) is 37.2 Å². The molecule has 2 N–H and O–H groups in total. The smallest absolute Gasteiger partial charge is 0.387 e. The maximum absolute atomic E-state index is 12.7. The molecule has 3 fully saturated rings. The molecule has 0 aliphatic carbocycles. The SMILES string of the molecule is Nc1ncc(-c2cc(N3CC4CC3CS4)nc(N3CCCC3)n2)cc1OC(F)F. The fraction of sp³-hybridized carbons (Fsp3) is 0.526. The van der Waals surface area contributed by atoms with E-state index in [1.54, 1.807) is 6.20 Å². The maximum Gasteiger partial charge on any atom is 0.387 e. The van der Waals surface area contributed by atoms with Gasteiger partial charge < -0.3 is 20.3 Å². The number of hydrogen-bond acceptors (Lipinski definition) is 8. The van der Waals surface area contributed by atoms with Crippen LogP contribution in [0.15, 0.2) is 18.3 Å². The zero-order valence-corrected chi connectivity index (χ0v) is 16.6. The molecule has 154 valence electrons. The van der Waals surface area contributed by atoms with Crippen LogP contribution < -0.4 is 20.3 Å². The Morgan fingerprint density at radius 2 is 2.03 bits per heavy atom. The topological polar surface area (TPSA) is 80.4 Å². The van der Waals surface area contributed by atoms with E-state index in [-0.39, 0.29) is 11.6 Å². The van der Waals surface area contributed by atoms with Gasteiger partial charge in [0.1, 0.15) is 5.82 Å². The lowest BCUT2D eigenvalue weighted by atomic mass is 10.2. The van der Waals surface area contributed by atoms with Crippen molar-refractivity contribution in [1.29, 1.82) is 0 Å². The van der Waals surface area contributed by atoms with Crippen molar-refractivity contribution in [3.05, 3.63) is 18.3 Å². The van der Waals surface area contributed by atoms with Gasteiger partial charge in [-0.1, -0.05) is 0 Å². The van der Waals surface area contributed by atoms with Crippen molar-refractivity contribution in [2.75, 3.05) is 40.9 Å². The lowest BCUT2D eigenvalue weighted by Crippen LogP contribution is -2.35. The molecule has 29 heavy (non-hydrogen) atoms. The van der Waals surface area contributed by atoms with Gasteiger partial charge in [0.05, 0.1) is 5.69 Å². The number of anilines is 3. The number of hydrogen-bond donors (Lipinski definition) is 1. The van der Waals surface area contributed by atoms with E-state index in [1.165, 1.54) is 12.5 Å². The van der Waals surface area contributed by atoms with Gasteiger partial charge in [-0.25, -0.2) is 9.97 Å². The number of thioether (sulfide) groups is 1. The highest BCUT2D eigenvalue weighted by molar-refractivity contribution is 8.00. The van der Waals surface area contributed by atoms with E-state index in [0.717, 1.165) is 44.0 Å². The molecule has 2 aromatic rings. The molecule has 2 unspecified atom stereocenters. The quantitative estimate of drug-likeness (QED) is 0.791. The molecule has 0 aromatic carbocycles. The third kappa shape index (κ3) is 3.65. The maximum atomic E-state index is 12.7. The van der Waals surface area contributed by atoms with Crippen LogP contribution in [0.5, 0.6) is 5.75 Å². The average molecular weight is 420 g/mol. The molecular formula is C19H22F2N6OS. The first kappa shape index (κ1) is 18.7. The normalized spacial score (nSPS) is 23.4. The van der Waals surface area contributed by atoms with Crippen molar-refractivity contribution in [3.8, 4) is 17.0 Å². The highest BCUT2D eigenvalue weighted by Crippen LogP contribution is 2.40. The van der Waals surface area contributed by atoms with E-state index in [4.69, 9.17) is 15.7 Å². The Morgan fingerprint density at radius 3 is 2.72 bits per heavy atom. The second-order valence-electron chi connectivity index (χ2n) is 7.59. The van der Waals surface area contributed by atoms with Crippen LogP contribution in [0.3, 0.4) is 0 Å². The van der Waals surface area contributed by atoms with Crippen LogP contribution in [0.1, 0.15) is 19.3 Å². The Labute approximate surface area is 171 Å². The summed E-state index contributed by atoms with van der Waals surface area (Å²) in [6, 6.07) is 3.88. The standard InChI is InChI=1S/C19H22F2N6OS/c20-18(21)28-15-5-11(8-23-17(15)22)14-7-16(27-9-13-6-12(27)10-29-13)25-19(24-14)26-3-1-2-4-26/h5,7-8,12-13,18H,1-4,6,9-10H2,(H2,22,23). The highest BCUT2D eigenvalue weighted by atomic mass is 32.2. The Hall–Kier alpha value is -2.36. The lowest BCUT2D eigenvalue weighted by molar-refractivity contribution is -0.0494. The summed E-state index contributed by atoms with van der Waals surface area (Å²) in [5, 5.41) is 0.651.